The lowest BCUT2D eigenvalue weighted by Gasteiger charge is -2.37. The Morgan fingerprint density at radius 1 is 0.889 bits per heavy atom. The summed E-state index contributed by atoms with van der Waals surface area (Å²) in [6, 6.07) is 0. The molecule has 0 fully saturated rings. The van der Waals surface area contributed by atoms with Gasteiger partial charge in [0.15, 0.2) is 0 Å². The summed E-state index contributed by atoms with van der Waals surface area (Å²) in [7, 11) is -4.34. The molecule has 1 aliphatic carbocycles. The van der Waals surface area contributed by atoms with Crippen LogP contribution < -0.4 is 0 Å². The summed E-state index contributed by atoms with van der Waals surface area (Å²) in [4.78, 5) is 0. The number of hydrogen-bond donors (Lipinski definition) is 2. The highest BCUT2D eigenvalue weighted by Gasteiger charge is 2.45. The fraction of sp³-hybridized carbons (Fsp3) is 0.818. The van der Waals surface area contributed by atoms with Gasteiger partial charge in [-0.15, -0.1) is 0 Å². The van der Waals surface area contributed by atoms with Crippen LogP contribution in [0.15, 0.2) is 23.8 Å². The minimum absolute atomic E-state index is 0.385. The molecule has 1 aliphatic rings. The van der Waals surface area contributed by atoms with Gasteiger partial charge in [-0.25, -0.2) is 0 Å². The van der Waals surface area contributed by atoms with Crippen LogP contribution in [0.3, 0.4) is 0 Å². The molecule has 0 aromatic carbocycles. The molecule has 0 radical (unpaired) electrons. The molecule has 158 valence electrons. The van der Waals surface area contributed by atoms with E-state index in [1.54, 1.807) is 6.08 Å². The minimum Gasteiger partial charge on any atom is -0.384 e. The Morgan fingerprint density at radius 3 is 1.96 bits per heavy atom. The van der Waals surface area contributed by atoms with Crippen LogP contribution in [0.25, 0.3) is 0 Å². The molecule has 1 rings (SSSR count). The highest BCUT2D eigenvalue weighted by Crippen LogP contribution is 2.37. The van der Waals surface area contributed by atoms with Crippen LogP contribution in [0, 0.1) is 0 Å². The molecule has 0 saturated heterocycles. The number of rotatable bonds is 15. The molecule has 2 N–H and O–H groups in total. The molecule has 0 aromatic heterocycles. The summed E-state index contributed by atoms with van der Waals surface area (Å²) < 4.78 is 33.4. The quantitative estimate of drug-likeness (QED) is 0.262. The molecule has 0 bridgehead atoms. The van der Waals surface area contributed by atoms with E-state index in [2.05, 4.69) is 13.8 Å². The summed E-state index contributed by atoms with van der Waals surface area (Å²) in [5.41, 5.74) is -0.715. The molecule has 0 saturated carbocycles. The normalized spacial score (nSPS) is 22.8. The van der Waals surface area contributed by atoms with Crippen molar-refractivity contribution >= 4 is 10.1 Å². The average Bonchev–Trinajstić information content (AvgIpc) is 2.61. The van der Waals surface area contributed by atoms with Crippen molar-refractivity contribution in [2.45, 2.75) is 115 Å². The Kier molecular flexibility index (Phi) is 11.5. The molecule has 0 aliphatic heterocycles. The van der Waals surface area contributed by atoms with Crippen molar-refractivity contribution in [3.63, 3.8) is 0 Å². The van der Waals surface area contributed by atoms with Crippen LogP contribution >= 0.6 is 0 Å². The van der Waals surface area contributed by atoms with Crippen molar-refractivity contribution in [1.82, 2.24) is 0 Å². The van der Waals surface area contributed by atoms with E-state index in [-0.39, 0.29) is 0 Å². The highest BCUT2D eigenvalue weighted by molar-refractivity contribution is 7.86. The third kappa shape index (κ3) is 8.49. The first kappa shape index (κ1) is 24.4. The van der Waals surface area contributed by atoms with Gasteiger partial charge >= 0.3 is 0 Å². The van der Waals surface area contributed by atoms with Crippen molar-refractivity contribution in [3.8, 4) is 0 Å². The number of hydrogen-bond acceptors (Lipinski definition) is 3. The van der Waals surface area contributed by atoms with Crippen LogP contribution in [-0.2, 0) is 10.1 Å². The van der Waals surface area contributed by atoms with E-state index in [0.29, 0.717) is 12.8 Å². The predicted octanol–water partition coefficient (Wildman–Crippen LogP) is 5.97. The second kappa shape index (κ2) is 12.7. The van der Waals surface area contributed by atoms with Crippen molar-refractivity contribution < 1.29 is 18.1 Å². The lowest BCUT2D eigenvalue weighted by Crippen LogP contribution is -2.48. The van der Waals surface area contributed by atoms with E-state index in [9.17, 15) is 18.1 Å². The maximum absolute atomic E-state index is 11.9. The molecule has 2 unspecified atom stereocenters. The van der Waals surface area contributed by atoms with Gasteiger partial charge in [0, 0.05) is 0 Å². The monoisotopic (exact) mass is 400 g/mol. The van der Waals surface area contributed by atoms with Crippen LogP contribution in [-0.4, -0.2) is 28.9 Å². The first-order valence-electron chi connectivity index (χ1n) is 10.9. The summed E-state index contributed by atoms with van der Waals surface area (Å²) in [6.45, 7) is 4.37. The second-order valence-corrected chi connectivity index (χ2v) is 9.51. The largest absolute Gasteiger partial charge is 0.384 e. The Bertz CT molecular complexity index is 565. The van der Waals surface area contributed by atoms with Crippen LogP contribution in [0.2, 0.25) is 0 Å². The van der Waals surface area contributed by atoms with Crippen molar-refractivity contribution in [3.05, 3.63) is 23.8 Å². The van der Waals surface area contributed by atoms with E-state index >= 15 is 0 Å². The van der Waals surface area contributed by atoms with Crippen molar-refractivity contribution in [2.24, 2.45) is 0 Å². The van der Waals surface area contributed by atoms with Gasteiger partial charge in [-0.2, -0.15) is 8.42 Å². The number of aliphatic hydroxyl groups is 1. The molecule has 0 heterocycles. The maximum atomic E-state index is 11.9. The third-order valence-electron chi connectivity index (χ3n) is 5.64. The fourth-order valence-electron chi connectivity index (χ4n) is 3.98. The molecule has 0 aromatic rings. The van der Waals surface area contributed by atoms with Crippen LogP contribution in [0.5, 0.6) is 0 Å². The number of allylic oxidation sites excluding steroid dienone is 2. The SMILES string of the molecule is CCCCCCCCC1=CC=CC(S(=O)(=O)O)C1(O)CCCCCCCC. The number of unbranched alkanes of at least 4 members (excludes halogenated alkanes) is 10. The molecule has 4 nitrogen and oxygen atoms in total. The molecule has 0 spiro atoms. The first-order valence-corrected chi connectivity index (χ1v) is 12.4. The molecular formula is C22H40O4S. The Balaban J connectivity index is 2.67. The summed E-state index contributed by atoms with van der Waals surface area (Å²) >= 11 is 0. The second-order valence-electron chi connectivity index (χ2n) is 7.97. The fourth-order valence-corrected chi connectivity index (χ4v) is 5.03. The van der Waals surface area contributed by atoms with Crippen molar-refractivity contribution in [1.29, 1.82) is 0 Å². The first-order chi connectivity index (χ1) is 12.9. The summed E-state index contributed by atoms with van der Waals surface area (Å²) in [5.74, 6) is 0. The van der Waals surface area contributed by atoms with E-state index in [1.165, 1.54) is 51.0 Å². The summed E-state index contributed by atoms with van der Waals surface area (Å²) in [6.07, 6.45) is 19.3. The Morgan fingerprint density at radius 2 is 1.41 bits per heavy atom. The van der Waals surface area contributed by atoms with E-state index in [4.69, 9.17) is 0 Å². The van der Waals surface area contributed by atoms with Gasteiger partial charge in [0.2, 0.25) is 0 Å². The van der Waals surface area contributed by atoms with Gasteiger partial charge < -0.3 is 5.11 Å². The average molecular weight is 401 g/mol. The van der Waals surface area contributed by atoms with Gasteiger partial charge in [-0.3, -0.25) is 4.55 Å². The molecular weight excluding hydrogens is 360 g/mol. The van der Waals surface area contributed by atoms with Gasteiger partial charge in [0.25, 0.3) is 10.1 Å². The van der Waals surface area contributed by atoms with Crippen LogP contribution in [0.4, 0.5) is 0 Å². The van der Waals surface area contributed by atoms with E-state index < -0.39 is 21.0 Å². The zero-order valence-electron chi connectivity index (χ0n) is 17.3. The Hall–Kier alpha value is -0.650. The van der Waals surface area contributed by atoms with Gasteiger partial charge in [-0.05, 0) is 24.8 Å². The topological polar surface area (TPSA) is 74.6 Å². The zero-order valence-corrected chi connectivity index (χ0v) is 18.1. The lowest BCUT2D eigenvalue weighted by atomic mass is 9.79. The third-order valence-corrected chi connectivity index (χ3v) is 6.83. The molecule has 2 atom stereocenters. The molecule has 5 heteroatoms. The minimum atomic E-state index is -4.34. The standard InChI is InChI=1S/C22H40O4S/c1-3-5-7-9-11-13-16-20-17-15-18-21(27(24,25)26)22(20,23)19-14-12-10-8-6-4-2/h15,17-18,21,23H,3-14,16,19H2,1-2H3,(H,24,25,26). The smallest absolute Gasteiger partial charge is 0.274 e. The predicted molar refractivity (Wildman–Crippen MR) is 113 cm³/mol. The van der Waals surface area contributed by atoms with Gasteiger partial charge in [0.05, 0.1) is 0 Å². The zero-order chi connectivity index (χ0) is 20.2. The molecule has 0 amide bonds. The highest BCUT2D eigenvalue weighted by atomic mass is 32.2. The summed E-state index contributed by atoms with van der Waals surface area (Å²) in [5, 5.41) is 10.1. The van der Waals surface area contributed by atoms with E-state index in [1.807, 2.05) is 6.08 Å². The van der Waals surface area contributed by atoms with Gasteiger partial charge in [0.1, 0.15) is 10.9 Å². The lowest BCUT2D eigenvalue weighted by molar-refractivity contribution is 0.0645. The molecule has 27 heavy (non-hydrogen) atoms. The van der Waals surface area contributed by atoms with E-state index in [0.717, 1.165) is 37.7 Å². The van der Waals surface area contributed by atoms with Crippen LogP contribution in [0.1, 0.15) is 104 Å². The Labute approximate surface area is 166 Å². The van der Waals surface area contributed by atoms with Crippen molar-refractivity contribution in [2.75, 3.05) is 0 Å². The van der Waals surface area contributed by atoms with Gasteiger partial charge in [-0.1, -0.05) is 103 Å². The maximum Gasteiger partial charge on any atom is 0.274 e.